The number of ether oxygens (including phenoxy) is 1. The first-order valence-corrected chi connectivity index (χ1v) is 12.1. The molecule has 31 heavy (non-hydrogen) atoms. The molecule has 0 unspecified atom stereocenters. The van der Waals surface area contributed by atoms with Gasteiger partial charge in [-0.3, -0.25) is 4.79 Å². The van der Waals surface area contributed by atoms with Gasteiger partial charge in [0.05, 0.1) is 11.5 Å². The summed E-state index contributed by atoms with van der Waals surface area (Å²) in [5.74, 6) is 1.55. The van der Waals surface area contributed by atoms with Crippen LogP contribution < -0.4 is 0 Å². The number of carbonyl (C=O) groups is 2. The summed E-state index contributed by atoms with van der Waals surface area (Å²) in [5, 5.41) is 11.4. The van der Waals surface area contributed by atoms with Crippen LogP contribution in [0.4, 0.5) is 0 Å². The van der Waals surface area contributed by atoms with Crippen molar-refractivity contribution in [2.24, 2.45) is 34.5 Å². The van der Waals surface area contributed by atoms with Crippen LogP contribution in [0.1, 0.15) is 72.6 Å². The molecule has 0 aromatic rings. The second-order valence-electron chi connectivity index (χ2n) is 11.3. The minimum Gasteiger partial charge on any atom is -0.456 e. The Morgan fingerprint density at radius 3 is 2.65 bits per heavy atom. The monoisotopic (exact) mass is 424 g/mol. The summed E-state index contributed by atoms with van der Waals surface area (Å²) in [4.78, 5) is 25.3. The predicted octanol–water partition coefficient (Wildman–Crippen LogP) is 4.92. The molecule has 2 fully saturated rings. The maximum Gasteiger partial charge on any atom is 0.334 e. The SMILES string of the molecule is CC1=C(C)C(=O)O[C@@H]([C@H](O)[C@H]2CC[C@H]3[C@@H]4CC=C5CC=CC(=O)[C@]5(C)[C@H]4CC[C@]23C)C1. The maximum absolute atomic E-state index is 13.0. The van der Waals surface area contributed by atoms with E-state index in [0.717, 1.165) is 44.1 Å². The Labute approximate surface area is 185 Å². The lowest BCUT2D eigenvalue weighted by Gasteiger charge is -2.56. The van der Waals surface area contributed by atoms with Gasteiger partial charge in [0, 0.05) is 12.0 Å². The van der Waals surface area contributed by atoms with Crippen LogP contribution in [0.5, 0.6) is 0 Å². The molecule has 1 N–H and O–H groups in total. The Morgan fingerprint density at radius 1 is 1.13 bits per heavy atom. The molecule has 0 bridgehead atoms. The third-order valence-electron chi connectivity index (χ3n) is 10.2. The van der Waals surface area contributed by atoms with Gasteiger partial charge in [0.1, 0.15) is 6.10 Å². The summed E-state index contributed by atoms with van der Waals surface area (Å²) in [5.41, 5.74) is 2.74. The number of aliphatic hydroxyl groups excluding tert-OH is 1. The average molecular weight is 425 g/mol. The van der Waals surface area contributed by atoms with E-state index in [1.165, 1.54) is 5.57 Å². The number of carbonyl (C=O) groups excluding carboxylic acids is 2. The van der Waals surface area contributed by atoms with Gasteiger partial charge in [-0.15, -0.1) is 0 Å². The molecule has 0 radical (unpaired) electrons. The number of hydrogen-bond acceptors (Lipinski definition) is 4. The van der Waals surface area contributed by atoms with E-state index in [2.05, 4.69) is 19.9 Å². The lowest BCUT2D eigenvalue weighted by atomic mass is 9.47. The van der Waals surface area contributed by atoms with Crippen molar-refractivity contribution in [2.75, 3.05) is 0 Å². The molecule has 0 saturated heterocycles. The van der Waals surface area contributed by atoms with Crippen LogP contribution in [0.25, 0.3) is 0 Å². The Balaban J connectivity index is 1.40. The van der Waals surface area contributed by atoms with Gasteiger partial charge in [0.25, 0.3) is 0 Å². The lowest BCUT2D eigenvalue weighted by Crippen LogP contribution is -2.53. The topological polar surface area (TPSA) is 63.6 Å². The van der Waals surface area contributed by atoms with Crippen LogP contribution in [0.15, 0.2) is 34.9 Å². The number of allylic oxidation sites excluding steroid dienone is 4. The van der Waals surface area contributed by atoms with Gasteiger partial charge in [-0.2, -0.15) is 0 Å². The van der Waals surface area contributed by atoms with Crippen molar-refractivity contribution in [3.63, 3.8) is 0 Å². The van der Waals surface area contributed by atoms with E-state index in [4.69, 9.17) is 4.74 Å². The molecule has 0 amide bonds. The minimum atomic E-state index is -0.622. The summed E-state index contributed by atoms with van der Waals surface area (Å²) >= 11 is 0. The highest BCUT2D eigenvalue weighted by Gasteiger charge is 2.61. The predicted molar refractivity (Wildman–Crippen MR) is 119 cm³/mol. The maximum atomic E-state index is 13.0. The Bertz CT molecular complexity index is 910. The molecular formula is C27H36O4. The zero-order valence-electron chi connectivity index (χ0n) is 19.3. The van der Waals surface area contributed by atoms with Crippen molar-refractivity contribution in [3.05, 3.63) is 34.9 Å². The number of fused-ring (bicyclic) bond motifs is 5. The van der Waals surface area contributed by atoms with E-state index < -0.39 is 12.2 Å². The zero-order chi connectivity index (χ0) is 22.1. The Kier molecular flexibility index (Phi) is 4.89. The van der Waals surface area contributed by atoms with E-state index in [1.54, 1.807) is 0 Å². The first-order chi connectivity index (χ1) is 14.7. The molecule has 168 valence electrons. The second-order valence-corrected chi connectivity index (χ2v) is 11.3. The number of rotatable bonds is 2. The minimum absolute atomic E-state index is 0.0341. The van der Waals surface area contributed by atoms with Crippen molar-refractivity contribution in [3.8, 4) is 0 Å². The number of ketones is 1. The fraction of sp³-hybridized carbons (Fsp3) is 0.704. The van der Waals surface area contributed by atoms with E-state index in [-0.39, 0.29) is 28.5 Å². The number of aliphatic hydroxyl groups is 1. The Morgan fingerprint density at radius 2 is 1.90 bits per heavy atom. The smallest absolute Gasteiger partial charge is 0.334 e. The third kappa shape index (κ3) is 2.90. The molecule has 1 aliphatic heterocycles. The van der Waals surface area contributed by atoms with Crippen LogP contribution >= 0.6 is 0 Å². The molecule has 0 spiro atoms. The molecule has 5 aliphatic rings. The van der Waals surface area contributed by atoms with Gasteiger partial charge in [-0.25, -0.2) is 4.79 Å². The molecule has 8 atom stereocenters. The molecule has 4 aliphatic carbocycles. The van der Waals surface area contributed by atoms with Crippen LogP contribution in [0, 0.1) is 34.5 Å². The van der Waals surface area contributed by atoms with Gasteiger partial charge >= 0.3 is 5.97 Å². The van der Waals surface area contributed by atoms with Crippen molar-refractivity contribution < 1.29 is 19.4 Å². The first-order valence-electron chi connectivity index (χ1n) is 12.1. The van der Waals surface area contributed by atoms with Crippen LogP contribution in [0.2, 0.25) is 0 Å². The lowest BCUT2D eigenvalue weighted by molar-refractivity contribution is -0.159. The van der Waals surface area contributed by atoms with Crippen LogP contribution in [0.3, 0.4) is 0 Å². The van der Waals surface area contributed by atoms with E-state index in [9.17, 15) is 14.7 Å². The van der Waals surface area contributed by atoms with Gasteiger partial charge in [0.2, 0.25) is 0 Å². The van der Waals surface area contributed by atoms with Crippen molar-refractivity contribution >= 4 is 11.8 Å². The molecule has 5 rings (SSSR count). The Hall–Kier alpha value is -1.68. The number of hydrogen-bond donors (Lipinski definition) is 1. The first kappa shape index (κ1) is 21.2. The molecule has 2 saturated carbocycles. The molecular weight excluding hydrogens is 388 g/mol. The summed E-state index contributed by atoms with van der Waals surface area (Å²) in [6.45, 7) is 8.33. The van der Waals surface area contributed by atoms with Crippen LogP contribution in [-0.2, 0) is 14.3 Å². The summed E-state index contributed by atoms with van der Waals surface area (Å²) in [6, 6.07) is 0. The van der Waals surface area contributed by atoms with E-state index in [0.29, 0.717) is 29.7 Å². The van der Waals surface area contributed by atoms with Gasteiger partial charge in [0.15, 0.2) is 5.78 Å². The average Bonchev–Trinajstić information content (AvgIpc) is 3.09. The quantitative estimate of drug-likeness (QED) is 0.505. The summed E-state index contributed by atoms with van der Waals surface area (Å²) in [6.07, 6.45) is 11.9. The highest BCUT2D eigenvalue weighted by atomic mass is 16.6. The van der Waals surface area contributed by atoms with E-state index >= 15 is 0 Å². The fourth-order valence-corrected chi connectivity index (χ4v) is 8.11. The molecule has 4 heteroatoms. The standard InChI is InChI=1S/C27H36O4/c1-15-14-22(31-25(30)16(15)2)24(29)21-11-10-19-18-9-8-17-6-5-7-23(28)27(17,4)20(18)12-13-26(19,21)3/h5,7-8,18-22,24,29H,6,9-14H2,1-4H3/t18-,19-,20-,21+,22+,24+,26-,27-/m0/s1. The molecule has 1 heterocycles. The van der Waals surface area contributed by atoms with Gasteiger partial charge < -0.3 is 9.84 Å². The van der Waals surface area contributed by atoms with E-state index in [1.807, 2.05) is 26.0 Å². The highest BCUT2D eigenvalue weighted by molar-refractivity contribution is 5.98. The molecule has 0 aromatic heterocycles. The summed E-state index contributed by atoms with van der Waals surface area (Å²) in [7, 11) is 0. The largest absolute Gasteiger partial charge is 0.456 e. The van der Waals surface area contributed by atoms with Crippen LogP contribution in [-0.4, -0.2) is 29.1 Å². The van der Waals surface area contributed by atoms with Crippen molar-refractivity contribution in [1.82, 2.24) is 0 Å². The van der Waals surface area contributed by atoms with Crippen molar-refractivity contribution in [2.45, 2.75) is 84.8 Å². The molecule has 4 nitrogen and oxygen atoms in total. The van der Waals surface area contributed by atoms with Crippen molar-refractivity contribution in [1.29, 1.82) is 0 Å². The second kappa shape index (κ2) is 7.16. The highest BCUT2D eigenvalue weighted by Crippen LogP contribution is 2.66. The fourth-order valence-electron chi connectivity index (χ4n) is 8.11. The normalized spacial score (nSPS) is 45.5. The molecule has 0 aromatic carbocycles. The van der Waals surface area contributed by atoms with Gasteiger partial charge in [-0.1, -0.05) is 30.2 Å². The zero-order valence-corrected chi connectivity index (χ0v) is 19.3. The third-order valence-corrected chi connectivity index (χ3v) is 10.2. The summed E-state index contributed by atoms with van der Waals surface area (Å²) < 4.78 is 5.67. The number of esters is 1. The van der Waals surface area contributed by atoms with Gasteiger partial charge in [-0.05, 0) is 94.5 Å². The number of cyclic esters (lactones) is 1.